The van der Waals surface area contributed by atoms with Crippen LogP contribution in [0.25, 0.3) is 0 Å². The normalized spacial score (nSPS) is 17.9. The lowest BCUT2D eigenvalue weighted by Gasteiger charge is -2.30. The van der Waals surface area contributed by atoms with Gasteiger partial charge >= 0.3 is 5.97 Å². The molecule has 1 rings (SSSR count). The number of aliphatic carboxylic acids is 1. The molecule has 0 unspecified atom stereocenters. The lowest BCUT2D eigenvalue weighted by atomic mass is 9.94. The van der Waals surface area contributed by atoms with E-state index in [0.29, 0.717) is 25.4 Å². The molecule has 1 aliphatic heterocycles. The minimum atomic E-state index is -1.12. The topological polar surface area (TPSA) is 57.6 Å². The molecule has 1 saturated heterocycles. The summed E-state index contributed by atoms with van der Waals surface area (Å²) in [5, 5.41) is 8.37. The first kappa shape index (κ1) is 12.7. The van der Waals surface area contributed by atoms with Gasteiger partial charge in [0.1, 0.15) is 0 Å². The molecule has 0 aromatic rings. The lowest BCUT2D eigenvalue weighted by molar-refractivity contribution is -0.132. The highest BCUT2D eigenvalue weighted by atomic mass is 19.1. The first-order valence-electron chi connectivity index (χ1n) is 5.39. The van der Waals surface area contributed by atoms with E-state index in [4.69, 9.17) is 5.11 Å². The summed E-state index contributed by atoms with van der Waals surface area (Å²) in [6.45, 7) is 0.873. The molecule has 0 aliphatic carbocycles. The highest BCUT2D eigenvalue weighted by Gasteiger charge is 2.21. The summed E-state index contributed by atoms with van der Waals surface area (Å²) >= 11 is 0. The molecule has 90 valence electrons. The maximum atomic E-state index is 12.1. The SMILES string of the molecule is O=C(O)/C=C/C(=O)N1CCC(CCF)CC1. The summed E-state index contributed by atoms with van der Waals surface area (Å²) in [5.74, 6) is -1.04. The van der Waals surface area contributed by atoms with Gasteiger partial charge in [0, 0.05) is 25.2 Å². The molecule has 1 N–H and O–H groups in total. The van der Waals surface area contributed by atoms with Gasteiger partial charge in [-0.05, 0) is 25.2 Å². The van der Waals surface area contributed by atoms with E-state index < -0.39 is 5.97 Å². The second kappa shape index (κ2) is 6.25. The molecular formula is C11H16FNO3. The minimum absolute atomic E-state index is 0.277. The molecule has 16 heavy (non-hydrogen) atoms. The summed E-state index contributed by atoms with van der Waals surface area (Å²) < 4.78 is 12.1. The fourth-order valence-corrected chi connectivity index (χ4v) is 1.84. The molecule has 0 atom stereocenters. The molecule has 0 aromatic heterocycles. The number of carboxylic acids is 1. The van der Waals surface area contributed by atoms with Gasteiger partial charge in [0.15, 0.2) is 0 Å². The van der Waals surface area contributed by atoms with Crippen LogP contribution in [-0.2, 0) is 9.59 Å². The van der Waals surface area contributed by atoms with Gasteiger partial charge in [-0.3, -0.25) is 9.18 Å². The Kier molecular flexibility index (Phi) is 4.95. The van der Waals surface area contributed by atoms with Gasteiger partial charge in [-0.25, -0.2) is 4.79 Å². The summed E-state index contributed by atoms with van der Waals surface area (Å²) in [4.78, 5) is 23.3. The van der Waals surface area contributed by atoms with Crippen LogP contribution in [0.1, 0.15) is 19.3 Å². The highest BCUT2D eigenvalue weighted by Crippen LogP contribution is 2.20. The molecule has 1 fully saturated rings. The van der Waals surface area contributed by atoms with E-state index in [1.54, 1.807) is 4.90 Å². The molecule has 0 bridgehead atoms. The second-order valence-electron chi connectivity index (χ2n) is 3.92. The van der Waals surface area contributed by atoms with E-state index in [0.717, 1.165) is 25.0 Å². The number of carbonyl (C=O) groups excluding carboxylic acids is 1. The fraction of sp³-hybridized carbons (Fsp3) is 0.636. The van der Waals surface area contributed by atoms with Crippen molar-refractivity contribution in [3.63, 3.8) is 0 Å². The van der Waals surface area contributed by atoms with E-state index in [1.807, 2.05) is 0 Å². The van der Waals surface area contributed by atoms with Crippen LogP contribution in [0, 0.1) is 5.92 Å². The zero-order valence-corrected chi connectivity index (χ0v) is 9.06. The number of piperidine rings is 1. The Morgan fingerprint density at radius 1 is 1.31 bits per heavy atom. The van der Waals surface area contributed by atoms with Crippen molar-refractivity contribution in [1.29, 1.82) is 0 Å². The average Bonchev–Trinajstić information content (AvgIpc) is 2.27. The first-order chi connectivity index (χ1) is 7.63. The molecular weight excluding hydrogens is 213 g/mol. The Morgan fingerprint density at radius 3 is 2.44 bits per heavy atom. The van der Waals surface area contributed by atoms with Crippen molar-refractivity contribution < 1.29 is 19.1 Å². The van der Waals surface area contributed by atoms with Crippen molar-refractivity contribution in [3.05, 3.63) is 12.2 Å². The van der Waals surface area contributed by atoms with Crippen LogP contribution in [0.2, 0.25) is 0 Å². The molecule has 0 saturated carbocycles. The summed E-state index contributed by atoms with van der Waals surface area (Å²) in [6, 6.07) is 0. The number of likely N-dealkylation sites (tertiary alicyclic amines) is 1. The minimum Gasteiger partial charge on any atom is -0.478 e. The Morgan fingerprint density at radius 2 is 1.94 bits per heavy atom. The number of rotatable bonds is 4. The van der Waals surface area contributed by atoms with Crippen LogP contribution in [-0.4, -0.2) is 41.6 Å². The molecule has 1 aliphatic rings. The maximum absolute atomic E-state index is 12.1. The monoisotopic (exact) mass is 229 g/mol. The van der Waals surface area contributed by atoms with Crippen LogP contribution in [0.3, 0.4) is 0 Å². The molecule has 0 spiro atoms. The number of carboxylic acid groups (broad SMARTS) is 1. The number of carbonyl (C=O) groups is 2. The van der Waals surface area contributed by atoms with Gasteiger partial charge in [-0.2, -0.15) is 0 Å². The number of amides is 1. The van der Waals surface area contributed by atoms with Crippen LogP contribution in [0.5, 0.6) is 0 Å². The van der Waals surface area contributed by atoms with Crippen LogP contribution in [0.4, 0.5) is 4.39 Å². The largest absolute Gasteiger partial charge is 0.478 e. The van der Waals surface area contributed by atoms with E-state index in [-0.39, 0.29) is 12.6 Å². The number of hydrogen-bond donors (Lipinski definition) is 1. The zero-order valence-electron chi connectivity index (χ0n) is 9.06. The summed E-state index contributed by atoms with van der Waals surface area (Å²) in [7, 11) is 0. The van der Waals surface area contributed by atoms with Gasteiger partial charge in [0.05, 0.1) is 6.67 Å². The average molecular weight is 229 g/mol. The summed E-state index contributed by atoms with van der Waals surface area (Å²) in [6.07, 6.45) is 4.08. The predicted molar refractivity (Wildman–Crippen MR) is 56.7 cm³/mol. The lowest BCUT2D eigenvalue weighted by Crippen LogP contribution is -2.37. The fourth-order valence-electron chi connectivity index (χ4n) is 1.84. The molecule has 5 heteroatoms. The van der Waals surface area contributed by atoms with Gasteiger partial charge in [0.25, 0.3) is 0 Å². The predicted octanol–water partition coefficient (Wildman–Crippen LogP) is 1.23. The maximum Gasteiger partial charge on any atom is 0.328 e. The third kappa shape index (κ3) is 4.00. The van der Waals surface area contributed by atoms with Crippen LogP contribution >= 0.6 is 0 Å². The molecule has 0 radical (unpaired) electrons. The quantitative estimate of drug-likeness (QED) is 0.737. The van der Waals surface area contributed by atoms with Crippen molar-refractivity contribution in [2.75, 3.05) is 19.8 Å². The van der Waals surface area contributed by atoms with Crippen molar-refractivity contribution >= 4 is 11.9 Å². The second-order valence-corrected chi connectivity index (χ2v) is 3.92. The Bertz CT molecular complexity index is 283. The zero-order chi connectivity index (χ0) is 12.0. The highest BCUT2D eigenvalue weighted by molar-refractivity contribution is 5.93. The van der Waals surface area contributed by atoms with Crippen LogP contribution in [0.15, 0.2) is 12.2 Å². The number of halogens is 1. The Labute approximate surface area is 93.7 Å². The van der Waals surface area contributed by atoms with Gasteiger partial charge < -0.3 is 10.0 Å². The van der Waals surface area contributed by atoms with Gasteiger partial charge in [0.2, 0.25) is 5.91 Å². The number of alkyl halides is 1. The first-order valence-corrected chi connectivity index (χ1v) is 5.39. The van der Waals surface area contributed by atoms with Crippen molar-refractivity contribution in [1.82, 2.24) is 4.90 Å². The molecule has 1 heterocycles. The molecule has 0 aromatic carbocycles. The van der Waals surface area contributed by atoms with Gasteiger partial charge in [-0.15, -0.1) is 0 Å². The standard InChI is InChI=1S/C11H16FNO3/c12-6-3-9-4-7-13(8-5-9)10(14)1-2-11(15)16/h1-2,9H,3-8H2,(H,15,16)/b2-1+. The van der Waals surface area contributed by atoms with E-state index in [9.17, 15) is 14.0 Å². The molecule has 1 amide bonds. The molecule has 4 nitrogen and oxygen atoms in total. The van der Waals surface area contributed by atoms with Crippen molar-refractivity contribution in [2.45, 2.75) is 19.3 Å². The Balaban J connectivity index is 2.35. The van der Waals surface area contributed by atoms with Crippen molar-refractivity contribution in [3.8, 4) is 0 Å². The van der Waals surface area contributed by atoms with Gasteiger partial charge in [-0.1, -0.05) is 0 Å². The summed E-state index contributed by atoms with van der Waals surface area (Å²) in [5.41, 5.74) is 0. The number of hydrogen-bond acceptors (Lipinski definition) is 2. The van der Waals surface area contributed by atoms with Crippen LogP contribution < -0.4 is 0 Å². The van der Waals surface area contributed by atoms with Crippen molar-refractivity contribution in [2.24, 2.45) is 5.92 Å². The number of nitrogens with zero attached hydrogens (tertiary/aromatic N) is 1. The van der Waals surface area contributed by atoms with E-state index in [1.165, 1.54) is 0 Å². The third-order valence-corrected chi connectivity index (χ3v) is 2.81. The van der Waals surface area contributed by atoms with E-state index in [2.05, 4.69) is 0 Å². The Hall–Kier alpha value is -1.39. The smallest absolute Gasteiger partial charge is 0.328 e. The third-order valence-electron chi connectivity index (χ3n) is 2.81. The van der Waals surface area contributed by atoms with E-state index >= 15 is 0 Å².